The summed E-state index contributed by atoms with van der Waals surface area (Å²) >= 11 is 0.965. The van der Waals surface area contributed by atoms with Crippen LogP contribution in [0.3, 0.4) is 0 Å². The van der Waals surface area contributed by atoms with Gasteiger partial charge in [0.1, 0.15) is 0 Å². The van der Waals surface area contributed by atoms with Crippen LogP contribution in [0.4, 0.5) is 0 Å². The molecule has 0 bridgehead atoms. The van der Waals surface area contributed by atoms with Crippen molar-refractivity contribution in [2.75, 3.05) is 0 Å². The smallest absolute Gasteiger partial charge is 0.263 e. The van der Waals surface area contributed by atoms with E-state index in [2.05, 4.69) is 10.6 Å². The summed E-state index contributed by atoms with van der Waals surface area (Å²) in [5.41, 5.74) is 0. The van der Waals surface area contributed by atoms with Crippen LogP contribution in [-0.2, 0) is 0 Å². The lowest BCUT2D eigenvalue weighted by atomic mass is 10.5. The van der Waals surface area contributed by atoms with Crippen molar-refractivity contribution in [3.8, 4) is 0 Å². The van der Waals surface area contributed by atoms with Gasteiger partial charge in [0.05, 0.1) is 24.6 Å². The summed E-state index contributed by atoms with van der Waals surface area (Å²) in [6.07, 6.45) is 2.84. The Bertz CT molecular complexity index is 127. The van der Waals surface area contributed by atoms with Gasteiger partial charge in [0.15, 0.2) is 0 Å². The SMILES string of the molecule is O=[N+]([O-])C1C[C]=NS1. The van der Waals surface area contributed by atoms with Gasteiger partial charge in [-0.1, -0.05) is 0 Å². The third kappa shape index (κ3) is 0.975. The standard InChI is InChI=1S/C3H3N2O2S/c6-5(7)3-1-2-4-8-3/h3H,1H2. The summed E-state index contributed by atoms with van der Waals surface area (Å²) < 4.78 is 3.51. The van der Waals surface area contributed by atoms with Gasteiger partial charge in [0.25, 0.3) is 5.37 Å². The van der Waals surface area contributed by atoms with Crippen LogP contribution in [0.2, 0.25) is 0 Å². The highest BCUT2D eigenvalue weighted by molar-refractivity contribution is 7.98. The topological polar surface area (TPSA) is 55.5 Å². The number of nitro groups is 1. The molecule has 1 radical (unpaired) electrons. The molecule has 1 aliphatic heterocycles. The van der Waals surface area contributed by atoms with Crippen LogP contribution in [0.5, 0.6) is 0 Å². The molecule has 0 N–H and O–H groups in total. The van der Waals surface area contributed by atoms with Gasteiger partial charge in [0, 0.05) is 4.92 Å². The lowest BCUT2D eigenvalue weighted by Gasteiger charge is -1.92. The minimum Gasteiger partial charge on any atom is -0.263 e. The van der Waals surface area contributed by atoms with E-state index in [-0.39, 0.29) is 4.92 Å². The van der Waals surface area contributed by atoms with E-state index in [4.69, 9.17) is 0 Å². The summed E-state index contributed by atoms with van der Waals surface area (Å²) in [5.74, 6) is 0. The molecular formula is C3H3N2O2S. The first-order chi connectivity index (χ1) is 3.80. The average molecular weight is 131 g/mol. The number of rotatable bonds is 1. The van der Waals surface area contributed by atoms with Crippen LogP contribution in [0, 0.1) is 10.1 Å². The Hall–Kier alpha value is -0.580. The maximum Gasteiger partial charge on any atom is 0.283 e. The Kier molecular flexibility index (Phi) is 1.48. The first-order valence-corrected chi connectivity index (χ1v) is 2.86. The van der Waals surface area contributed by atoms with E-state index < -0.39 is 5.37 Å². The second-order valence-electron chi connectivity index (χ2n) is 1.30. The van der Waals surface area contributed by atoms with Crippen molar-refractivity contribution in [3.05, 3.63) is 10.1 Å². The fourth-order valence-corrected chi connectivity index (χ4v) is 0.861. The largest absolute Gasteiger partial charge is 0.283 e. The van der Waals surface area contributed by atoms with Crippen molar-refractivity contribution in [2.45, 2.75) is 11.8 Å². The molecular weight excluding hydrogens is 128 g/mol. The van der Waals surface area contributed by atoms with E-state index in [1.807, 2.05) is 0 Å². The van der Waals surface area contributed by atoms with Gasteiger partial charge >= 0.3 is 0 Å². The molecule has 1 rings (SSSR count). The Labute approximate surface area is 50.3 Å². The Balaban J connectivity index is 2.41. The molecule has 0 aromatic rings. The molecule has 1 atom stereocenters. The average Bonchev–Trinajstić information content (AvgIpc) is 2.12. The Morgan fingerprint density at radius 1 is 2.00 bits per heavy atom. The molecule has 0 aliphatic carbocycles. The van der Waals surface area contributed by atoms with E-state index >= 15 is 0 Å². The molecule has 0 saturated carbocycles. The Morgan fingerprint density at radius 3 is 3.00 bits per heavy atom. The van der Waals surface area contributed by atoms with Crippen LogP contribution in [0.25, 0.3) is 0 Å². The highest BCUT2D eigenvalue weighted by Crippen LogP contribution is 2.20. The maximum atomic E-state index is 9.89. The molecule has 43 valence electrons. The van der Waals surface area contributed by atoms with Crippen LogP contribution in [0.1, 0.15) is 6.42 Å². The molecule has 1 aliphatic rings. The van der Waals surface area contributed by atoms with Gasteiger partial charge in [-0.25, -0.2) is 4.40 Å². The molecule has 0 aromatic carbocycles. The van der Waals surface area contributed by atoms with E-state index in [0.717, 1.165) is 11.9 Å². The zero-order valence-electron chi connectivity index (χ0n) is 3.90. The third-order valence-electron chi connectivity index (χ3n) is 0.740. The lowest BCUT2D eigenvalue weighted by Crippen LogP contribution is -2.10. The van der Waals surface area contributed by atoms with Crippen molar-refractivity contribution in [2.24, 2.45) is 4.40 Å². The summed E-state index contributed by atoms with van der Waals surface area (Å²) in [4.78, 5) is 9.53. The summed E-state index contributed by atoms with van der Waals surface area (Å²) in [7, 11) is 0. The molecule has 1 unspecified atom stereocenters. The zero-order chi connectivity index (χ0) is 5.98. The molecule has 1 heterocycles. The number of nitrogens with zero attached hydrogens (tertiary/aromatic N) is 2. The van der Waals surface area contributed by atoms with Gasteiger partial charge in [-0.15, -0.1) is 0 Å². The first kappa shape index (κ1) is 5.55. The monoisotopic (exact) mass is 131 g/mol. The minimum absolute atomic E-state index is 0.345. The van der Waals surface area contributed by atoms with Gasteiger partial charge in [-0.2, -0.15) is 0 Å². The van der Waals surface area contributed by atoms with E-state index in [0.29, 0.717) is 6.42 Å². The van der Waals surface area contributed by atoms with Crippen molar-refractivity contribution in [3.63, 3.8) is 0 Å². The van der Waals surface area contributed by atoms with E-state index in [1.165, 1.54) is 0 Å². The van der Waals surface area contributed by atoms with Crippen molar-refractivity contribution < 1.29 is 4.92 Å². The van der Waals surface area contributed by atoms with Crippen molar-refractivity contribution >= 4 is 18.2 Å². The second-order valence-corrected chi connectivity index (χ2v) is 2.24. The highest BCUT2D eigenvalue weighted by Gasteiger charge is 2.23. The molecule has 0 spiro atoms. The third-order valence-corrected chi connectivity index (χ3v) is 1.56. The lowest BCUT2D eigenvalue weighted by molar-refractivity contribution is -0.492. The van der Waals surface area contributed by atoms with Gasteiger partial charge < -0.3 is 0 Å². The van der Waals surface area contributed by atoms with Crippen molar-refractivity contribution in [1.82, 2.24) is 0 Å². The quantitative estimate of drug-likeness (QED) is 0.297. The molecule has 8 heavy (non-hydrogen) atoms. The predicted octanol–water partition coefficient (Wildman–Crippen LogP) is 0.589. The number of hydrogen-bond acceptors (Lipinski definition) is 4. The second kappa shape index (κ2) is 2.13. The maximum absolute atomic E-state index is 9.89. The fourth-order valence-electron chi connectivity index (χ4n) is 0.364. The van der Waals surface area contributed by atoms with Crippen LogP contribution in [0.15, 0.2) is 4.40 Å². The molecule has 0 aromatic heterocycles. The predicted molar refractivity (Wildman–Crippen MR) is 30.4 cm³/mol. The van der Waals surface area contributed by atoms with Gasteiger partial charge in [-0.05, 0) is 0 Å². The fraction of sp³-hybridized carbons (Fsp3) is 0.667. The molecule has 0 saturated heterocycles. The molecule has 4 nitrogen and oxygen atoms in total. The first-order valence-electron chi connectivity index (χ1n) is 2.03. The van der Waals surface area contributed by atoms with E-state index in [1.54, 1.807) is 0 Å². The van der Waals surface area contributed by atoms with Crippen molar-refractivity contribution in [1.29, 1.82) is 0 Å². The number of hydrogen-bond donors (Lipinski definition) is 0. The molecule has 5 heteroatoms. The van der Waals surface area contributed by atoms with Gasteiger partial charge in [0.2, 0.25) is 0 Å². The summed E-state index contributed by atoms with van der Waals surface area (Å²) in [6, 6.07) is 0. The van der Waals surface area contributed by atoms with E-state index in [9.17, 15) is 10.1 Å². The minimum atomic E-state index is -0.574. The van der Waals surface area contributed by atoms with Crippen LogP contribution in [-0.4, -0.2) is 16.5 Å². The Morgan fingerprint density at radius 2 is 2.75 bits per heavy atom. The van der Waals surface area contributed by atoms with Crippen LogP contribution < -0.4 is 0 Å². The molecule has 0 amide bonds. The normalized spacial score (nSPS) is 26.2. The molecule has 0 fully saturated rings. The summed E-state index contributed by atoms with van der Waals surface area (Å²) in [5, 5.41) is 9.31. The highest BCUT2D eigenvalue weighted by atomic mass is 32.2. The zero-order valence-corrected chi connectivity index (χ0v) is 4.72. The van der Waals surface area contributed by atoms with Gasteiger partial charge in [-0.3, -0.25) is 10.1 Å². The summed E-state index contributed by atoms with van der Waals surface area (Å²) in [6.45, 7) is 0. The van der Waals surface area contributed by atoms with Crippen LogP contribution >= 0.6 is 11.9 Å².